The first-order valence-electron chi connectivity index (χ1n) is 9.23. The van der Waals surface area contributed by atoms with Crippen LogP contribution in [0, 0.1) is 5.92 Å². The maximum atomic E-state index is 12.9. The number of amides is 2. The fourth-order valence-electron chi connectivity index (χ4n) is 4.05. The van der Waals surface area contributed by atoms with Crippen molar-refractivity contribution in [3.8, 4) is 0 Å². The van der Waals surface area contributed by atoms with Gasteiger partial charge in [0.1, 0.15) is 5.60 Å². The molecule has 1 aromatic rings. The molecule has 2 amide bonds. The Morgan fingerprint density at radius 3 is 2.69 bits per heavy atom. The lowest BCUT2D eigenvalue weighted by Gasteiger charge is -2.28. The highest BCUT2D eigenvalue weighted by molar-refractivity contribution is 9.10. The number of hydrogen-bond donors (Lipinski definition) is 1. The monoisotopic (exact) mass is 422 g/mol. The van der Waals surface area contributed by atoms with Crippen LogP contribution in [0.2, 0.25) is 0 Å². The molecule has 1 aromatic carbocycles. The summed E-state index contributed by atoms with van der Waals surface area (Å²) in [7, 11) is 0. The van der Waals surface area contributed by atoms with Gasteiger partial charge in [-0.2, -0.15) is 0 Å². The zero-order chi connectivity index (χ0) is 19.1. The van der Waals surface area contributed by atoms with E-state index in [0.29, 0.717) is 0 Å². The number of carbonyl (C=O) groups is 2. The lowest BCUT2D eigenvalue weighted by Crippen LogP contribution is -2.43. The van der Waals surface area contributed by atoms with Crippen LogP contribution in [0.5, 0.6) is 0 Å². The minimum absolute atomic E-state index is 0.0261. The van der Waals surface area contributed by atoms with E-state index in [1.54, 1.807) is 4.90 Å². The Morgan fingerprint density at radius 1 is 1.31 bits per heavy atom. The number of ether oxygens (including phenoxy) is 1. The van der Waals surface area contributed by atoms with Crippen LogP contribution in [0.3, 0.4) is 0 Å². The lowest BCUT2D eigenvalue weighted by atomic mass is 9.88. The van der Waals surface area contributed by atoms with Crippen LogP contribution in [0.4, 0.5) is 4.79 Å². The summed E-state index contributed by atoms with van der Waals surface area (Å²) in [5.74, 6) is -0.130. The van der Waals surface area contributed by atoms with Crippen molar-refractivity contribution in [2.75, 3.05) is 0 Å². The van der Waals surface area contributed by atoms with Gasteiger partial charge in [-0.05, 0) is 64.7 Å². The number of fused-ring (bicyclic) bond motifs is 2. The van der Waals surface area contributed by atoms with E-state index in [2.05, 4.69) is 21.2 Å². The molecule has 0 radical (unpaired) electrons. The van der Waals surface area contributed by atoms with Crippen LogP contribution >= 0.6 is 15.9 Å². The van der Waals surface area contributed by atoms with E-state index in [9.17, 15) is 9.59 Å². The molecule has 1 N–H and O–H groups in total. The molecule has 2 aliphatic rings. The Balaban J connectivity index is 1.65. The summed E-state index contributed by atoms with van der Waals surface area (Å²) in [5, 5.41) is 3.12. The molecule has 3 rings (SSSR count). The number of halogens is 1. The molecule has 2 fully saturated rings. The third kappa shape index (κ3) is 4.05. The summed E-state index contributed by atoms with van der Waals surface area (Å²) in [5.41, 5.74) is 0.534. The van der Waals surface area contributed by atoms with Gasteiger partial charge in [-0.25, -0.2) is 4.79 Å². The predicted octanol–water partition coefficient (Wildman–Crippen LogP) is 4.41. The third-order valence-corrected chi connectivity index (χ3v) is 5.68. The lowest BCUT2D eigenvalue weighted by molar-refractivity contribution is -0.126. The van der Waals surface area contributed by atoms with Crippen molar-refractivity contribution in [2.45, 2.75) is 70.7 Å². The standard InChI is InChI=1S/C20H27BrN2O3/c1-12(13-6-5-7-14(21)10-13)22-18(24)16-11-15-8-9-17(16)23(15)19(25)26-20(2,3)4/h5-7,10,12,15-17H,8-9,11H2,1-4H3,(H,22,24)/t12-,15+,16+,17+/m0/s1. The average Bonchev–Trinajstić information content (AvgIpc) is 3.11. The smallest absolute Gasteiger partial charge is 0.410 e. The average molecular weight is 423 g/mol. The Labute approximate surface area is 163 Å². The van der Waals surface area contributed by atoms with Gasteiger partial charge < -0.3 is 15.0 Å². The second-order valence-electron chi connectivity index (χ2n) is 8.31. The molecule has 2 aliphatic heterocycles. The molecular weight excluding hydrogens is 396 g/mol. The molecule has 2 saturated heterocycles. The molecule has 0 saturated carbocycles. The van der Waals surface area contributed by atoms with Crippen LogP contribution in [0.25, 0.3) is 0 Å². The van der Waals surface area contributed by atoms with Crippen LogP contribution in [-0.2, 0) is 9.53 Å². The molecule has 0 spiro atoms. The van der Waals surface area contributed by atoms with Crippen molar-refractivity contribution in [1.29, 1.82) is 0 Å². The molecule has 142 valence electrons. The van der Waals surface area contributed by atoms with E-state index in [4.69, 9.17) is 4.74 Å². The Bertz CT molecular complexity index is 701. The van der Waals surface area contributed by atoms with Crippen molar-refractivity contribution in [3.05, 3.63) is 34.3 Å². The highest BCUT2D eigenvalue weighted by Gasteiger charge is 2.52. The number of nitrogens with zero attached hydrogens (tertiary/aromatic N) is 1. The first kappa shape index (κ1) is 19.2. The van der Waals surface area contributed by atoms with Crippen LogP contribution in [0.1, 0.15) is 58.6 Å². The fraction of sp³-hybridized carbons (Fsp3) is 0.600. The molecule has 0 aromatic heterocycles. The number of carbonyl (C=O) groups excluding carboxylic acids is 2. The summed E-state index contributed by atoms with van der Waals surface area (Å²) < 4.78 is 6.54. The van der Waals surface area contributed by atoms with E-state index in [0.717, 1.165) is 29.3 Å². The normalized spacial score (nSPS) is 25.9. The van der Waals surface area contributed by atoms with Gasteiger partial charge in [-0.1, -0.05) is 28.1 Å². The zero-order valence-electron chi connectivity index (χ0n) is 15.8. The molecule has 6 heteroatoms. The topological polar surface area (TPSA) is 58.6 Å². The largest absolute Gasteiger partial charge is 0.444 e. The second kappa shape index (κ2) is 7.22. The number of hydrogen-bond acceptors (Lipinski definition) is 3. The first-order chi connectivity index (χ1) is 12.2. The van der Waals surface area contributed by atoms with Crippen molar-refractivity contribution in [1.82, 2.24) is 10.2 Å². The van der Waals surface area contributed by atoms with E-state index < -0.39 is 5.60 Å². The quantitative estimate of drug-likeness (QED) is 0.784. The SMILES string of the molecule is C[C@H](NC(=O)[C@@H]1C[C@H]2CC[C@H]1N2C(=O)OC(C)(C)C)c1cccc(Br)c1. The van der Waals surface area contributed by atoms with Crippen LogP contribution in [0.15, 0.2) is 28.7 Å². The van der Waals surface area contributed by atoms with Crippen molar-refractivity contribution in [2.24, 2.45) is 5.92 Å². The first-order valence-corrected chi connectivity index (χ1v) is 10.0. The molecule has 4 atom stereocenters. The van der Waals surface area contributed by atoms with Crippen LogP contribution in [-0.4, -0.2) is 34.6 Å². The van der Waals surface area contributed by atoms with E-state index in [1.165, 1.54) is 0 Å². The minimum atomic E-state index is -0.522. The summed E-state index contributed by atoms with van der Waals surface area (Å²) in [6.45, 7) is 7.59. The van der Waals surface area contributed by atoms with Gasteiger partial charge in [0.15, 0.2) is 0 Å². The van der Waals surface area contributed by atoms with E-state index in [1.807, 2.05) is 52.0 Å². The van der Waals surface area contributed by atoms with E-state index >= 15 is 0 Å². The summed E-state index contributed by atoms with van der Waals surface area (Å²) in [6.07, 6.45) is 2.25. The highest BCUT2D eigenvalue weighted by Crippen LogP contribution is 2.42. The molecule has 2 heterocycles. The fourth-order valence-corrected chi connectivity index (χ4v) is 4.47. The predicted molar refractivity (Wildman–Crippen MR) is 104 cm³/mol. The van der Waals surface area contributed by atoms with Gasteiger partial charge in [0, 0.05) is 16.6 Å². The molecule has 0 aliphatic carbocycles. The number of nitrogens with one attached hydrogen (secondary N) is 1. The molecule has 0 unspecified atom stereocenters. The molecule has 2 bridgehead atoms. The summed E-state index contributed by atoms with van der Waals surface area (Å²) in [6, 6.07) is 7.93. The second-order valence-corrected chi connectivity index (χ2v) is 9.23. The van der Waals surface area contributed by atoms with Crippen molar-refractivity contribution in [3.63, 3.8) is 0 Å². The van der Waals surface area contributed by atoms with Crippen molar-refractivity contribution < 1.29 is 14.3 Å². The number of benzene rings is 1. The summed E-state index contributed by atoms with van der Waals surface area (Å²) in [4.78, 5) is 27.2. The third-order valence-electron chi connectivity index (χ3n) is 5.19. The van der Waals surface area contributed by atoms with Gasteiger partial charge in [-0.15, -0.1) is 0 Å². The summed E-state index contributed by atoms with van der Waals surface area (Å²) >= 11 is 3.47. The van der Waals surface area contributed by atoms with Gasteiger partial charge >= 0.3 is 6.09 Å². The highest BCUT2D eigenvalue weighted by atomic mass is 79.9. The number of rotatable bonds is 3. The van der Waals surface area contributed by atoms with Gasteiger partial charge in [0.05, 0.1) is 12.0 Å². The maximum Gasteiger partial charge on any atom is 0.410 e. The zero-order valence-corrected chi connectivity index (χ0v) is 17.4. The molecular formula is C20H27BrN2O3. The minimum Gasteiger partial charge on any atom is -0.444 e. The molecule has 5 nitrogen and oxygen atoms in total. The maximum absolute atomic E-state index is 12.9. The van der Waals surface area contributed by atoms with Crippen LogP contribution < -0.4 is 5.32 Å². The van der Waals surface area contributed by atoms with Gasteiger partial charge in [0.2, 0.25) is 5.91 Å². The Morgan fingerprint density at radius 2 is 2.04 bits per heavy atom. The van der Waals surface area contributed by atoms with Gasteiger partial charge in [0.25, 0.3) is 0 Å². The van der Waals surface area contributed by atoms with Gasteiger partial charge in [-0.3, -0.25) is 4.79 Å². The molecule has 26 heavy (non-hydrogen) atoms. The van der Waals surface area contributed by atoms with E-state index in [-0.39, 0.29) is 36.0 Å². The Hall–Kier alpha value is -1.56. The van der Waals surface area contributed by atoms with Crippen molar-refractivity contribution >= 4 is 27.9 Å². The Kier molecular flexibility index (Phi) is 5.33.